The lowest BCUT2D eigenvalue weighted by Crippen LogP contribution is -2.47. The van der Waals surface area contributed by atoms with Crippen molar-refractivity contribution in [3.63, 3.8) is 0 Å². The van der Waals surface area contributed by atoms with E-state index in [2.05, 4.69) is 11.6 Å². The number of fused-ring (bicyclic) bond motifs is 10. The number of esters is 4. The van der Waals surface area contributed by atoms with Gasteiger partial charge in [0.1, 0.15) is 19.5 Å². The van der Waals surface area contributed by atoms with Gasteiger partial charge >= 0.3 is 23.9 Å². The van der Waals surface area contributed by atoms with Crippen LogP contribution in [0.2, 0.25) is 0 Å². The minimum Gasteiger partial charge on any atom is -0.457 e. The van der Waals surface area contributed by atoms with Crippen LogP contribution in [-0.2, 0) is 80.4 Å². The van der Waals surface area contributed by atoms with Crippen molar-refractivity contribution in [2.45, 2.75) is 110 Å². The second kappa shape index (κ2) is 20.4. The number of benzene rings is 2. The van der Waals surface area contributed by atoms with Gasteiger partial charge in [0.25, 0.3) is 11.1 Å². The molecule has 0 unspecified atom stereocenters. The zero-order valence-corrected chi connectivity index (χ0v) is 39.6. The fraction of sp³-hybridized carbons (Fsp3) is 0.333. The SMILES string of the molecule is C=CCCCC(=O)O[C@]1(CC)C(=O)OCc2c1cc1n(c2=O)Cc2cc3ccccc3nc2-1.CC=NC.CC[C@@]1(OC(=O)CCCC=O)C(=O)OCc2c1cc1n(c2=O)Cc2cc3ccccc3nc2-1. The van der Waals surface area contributed by atoms with Crippen molar-refractivity contribution in [3.05, 3.63) is 140 Å². The molecule has 70 heavy (non-hydrogen) atoms. The smallest absolute Gasteiger partial charge is 0.355 e. The Morgan fingerprint density at radius 3 is 1.54 bits per heavy atom. The van der Waals surface area contributed by atoms with Crippen LogP contribution in [0.15, 0.2) is 100 Å². The molecule has 360 valence electrons. The highest BCUT2D eigenvalue weighted by Crippen LogP contribution is 2.43. The van der Waals surface area contributed by atoms with Crippen LogP contribution in [0.25, 0.3) is 44.6 Å². The minimum absolute atomic E-state index is 0.0105. The summed E-state index contributed by atoms with van der Waals surface area (Å²) in [4.78, 5) is 102. The largest absolute Gasteiger partial charge is 0.457 e. The molecule has 8 heterocycles. The molecule has 4 aliphatic rings. The first-order valence-electron chi connectivity index (χ1n) is 23.4. The Hall–Kier alpha value is -7.88. The van der Waals surface area contributed by atoms with Gasteiger partial charge in [0, 0.05) is 59.3 Å². The average molecular weight is 948 g/mol. The molecule has 0 fully saturated rings. The number of aliphatic imine (C=N–C) groups is 1. The van der Waals surface area contributed by atoms with Gasteiger partial charge < -0.3 is 37.9 Å². The molecule has 0 radical (unpaired) electrons. The average Bonchev–Trinajstić information content (AvgIpc) is 3.92. The monoisotopic (exact) mass is 947 g/mol. The first kappa shape index (κ1) is 48.6. The fourth-order valence-electron chi connectivity index (χ4n) is 9.38. The van der Waals surface area contributed by atoms with Crippen molar-refractivity contribution in [2.75, 3.05) is 7.05 Å². The standard InChI is InChI=1S/C26H24N2O5.C25H22N2O6.C3H7N/c1-3-5-6-11-22(29)33-26(4-2)19-13-21-23-17(12-16-9-7-8-10-20(16)27-23)14-28(21)24(30)18(19)15-32-25(26)31;1-2-25(33-21(29)9-5-6-10-28)18-12-20-22-16(11-15-7-3-4-8-19(15)26-22)13-27(20)23(30)17(18)14-32-24(25)31;1-3-4-2/h3,7-10,12-13H,1,4-6,11,14-15H2,2H3;3-4,7-8,10-12H,2,5-6,9,13-14H2,1H3;3H,1-2H3/t26-;25-;/m00./s1. The number of unbranched alkanes of at least 4 members (excludes halogenated alkanes) is 2. The number of para-hydroxylation sites is 2. The van der Waals surface area contributed by atoms with E-state index in [1.807, 2.05) is 67.6 Å². The number of aldehydes is 1. The Labute approximate surface area is 403 Å². The third-order valence-electron chi connectivity index (χ3n) is 13.1. The number of hydrogen-bond acceptors (Lipinski definition) is 14. The number of carbonyl (C=O) groups is 5. The van der Waals surface area contributed by atoms with Crippen molar-refractivity contribution >= 4 is 58.2 Å². The van der Waals surface area contributed by atoms with Gasteiger partial charge in [0.2, 0.25) is 11.2 Å². The molecule has 0 saturated heterocycles. The molecular weight excluding hydrogens is 895 g/mol. The molecule has 0 amide bonds. The predicted molar refractivity (Wildman–Crippen MR) is 261 cm³/mol. The Bertz CT molecular complexity index is 3050. The number of carbonyl (C=O) groups excluding carboxylic acids is 5. The van der Waals surface area contributed by atoms with Crippen LogP contribution in [-0.4, -0.2) is 62.5 Å². The van der Waals surface area contributed by atoms with E-state index in [0.717, 1.165) is 39.2 Å². The minimum atomic E-state index is -1.71. The molecule has 6 aromatic rings. The van der Waals surface area contributed by atoms with Crippen LogP contribution in [0, 0.1) is 0 Å². The highest BCUT2D eigenvalue weighted by molar-refractivity contribution is 5.90. The van der Waals surface area contributed by atoms with E-state index in [1.54, 1.807) is 54.5 Å². The molecule has 0 aliphatic carbocycles. The van der Waals surface area contributed by atoms with Crippen molar-refractivity contribution in [1.29, 1.82) is 0 Å². The maximum absolute atomic E-state index is 13.5. The normalized spacial score (nSPS) is 17.8. The number of nitrogens with zero attached hydrogens (tertiary/aromatic N) is 5. The van der Waals surface area contributed by atoms with Crippen molar-refractivity contribution < 1.29 is 42.9 Å². The van der Waals surface area contributed by atoms with E-state index in [4.69, 9.17) is 28.9 Å². The van der Waals surface area contributed by atoms with E-state index in [9.17, 15) is 33.6 Å². The summed E-state index contributed by atoms with van der Waals surface area (Å²) in [7, 11) is 1.75. The quantitative estimate of drug-likeness (QED) is 0.0288. The molecule has 0 bridgehead atoms. The number of cyclic esters (lactones) is 2. The van der Waals surface area contributed by atoms with E-state index < -0.39 is 35.1 Å². The van der Waals surface area contributed by atoms with Gasteiger partial charge in [-0.2, -0.15) is 0 Å². The number of pyridine rings is 4. The second-order valence-electron chi connectivity index (χ2n) is 17.2. The lowest BCUT2D eigenvalue weighted by atomic mass is 9.85. The molecule has 2 atom stereocenters. The Kier molecular flexibility index (Phi) is 14.1. The van der Waals surface area contributed by atoms with Crippen molar-refractivity contribution in [3.8, 4) is 22.8 Å². The van der Waals surface area contributed by atoms with Crippen molar-refractivity contribution in [1.82, 2.24) is 19.1 Å². The van der Waals surface area contributed by atoms with Gasteiger partial charge in [-0.25, -0.2) is 19.6 Å². The van der Waals surface area contributed by atoms with E-state index in [-0.39, 0.29) is 56.4 Å². The summed E-state index contributed by atoms with van der Waals surface area (Å²) in [5.41, 5.74) is 3.57. The van der Waals surface area contributed by atoms with Crippen LogP contribution in [0.5, 0.6) is 0 Å². The zero-order valence-electron chi connectivity index (χ0n) is 39.6. The predicted octanol–water partition coefficient (Wildman–Crippen LogP) is 7.69. The van der Waals surface area contributed by atoms with Crippen LogP contribution in [0.1, 0.15) is 106 Å². The highest BCUT2D eigenvalue weighted by atomic mass is 16.6. The number of allylic oxidation sites excluding steroid dienone is 1. The van der Waals surface area contributed by atoms with E-state index >= 15 is 0 Å². The van der Waals surface area contributed by atoms with Crippen LogP contribution < -0.4 is 11.1 Å². The Balaban J connectivity index is 0.000000175. The molecule has 0 saturated carbocycles. The molecular formula is C54H53N5O11. The van der Waals surface area contributed by atoms with Gasteiger partial charge in [0.05, 0.1) is 58.0 Å². The summed E-state index contributed by atoms with van der Waals surface area (Å²) >= 11 is 0. The Morgan fingerprint density at radius 2 is 1.14 bits per heavy atom. The summed E-state index contributed by atoms with van der Waals surface area (Å²) in [6.07, 6.45) is 6.40. The van der Waals surface area contributed by atoms with Crippen LogP contribution in [0.3, 0.4) is 0 Å². The first-order chi connectivity index (χ1) is 33.9. The summed E-state index contributed by atoms with van der Waals surface area (Å²) in [5, 5.41) is 1.98. The van der Waals surface area contributed by atoms with Gasteiger partial charge in [0.15, 0.2) is 0 Å². The number of rotatable bonds is 12. The van der Waals surface area contributed by atoms with Crippen LogP contribution in [0.4, 0.5) is 0 Å². The van der Waals surface area contributed by atoms with Gasteiger partial charge in [-0.05, 0) is 81.6 Å². The third kappa shape index (κ3) is 8.73. The fourth-order valence-corrected chi connectivity index (χ4v) is 9.38. The number of aromatic nitrogens is 4. The topological polar surface area (TPSA) is 204 Å². The maximum Gasteiger partial charge on any atom is 0.355 e. The lowest BCUT2D eigenvalue weighted by Gasteiger charge is -2.35. The van der Waals surface area contributed by atoms with Crippen molar-refractivity contribution in [2.24, 2.45) is 4.99 Å². The molecule has 10 rings (SSSR count). The summed E-state index contributed by atoms with van der Waals surface area (Å²) in [6, 6.07) is 23.1. The highest BCUT2D eigenvalue weighted by Gasteiger charge is 2.52. The maximum atomic E-state index is 13.5. The molecule has 0 spiro atoms. The van der Waals surface area contributed by atoms with E-state index in [0.29, 0.717) is 77.4 Å². The molecule has 16 nitrogen and oxygen atoms in total. The summed E-state index contributed by atoms with van der Waals surface area (Å²) in [5.74, 6) is -2.47. The van der Waals surface area contributed by atoms with Gasteiger partial charge in [-0.3, -0.25) is 19.2 Å². The van der Waals surface area contributed by atoms with Gasteiger partial charge in [-0.1, -0.05) is 56.3 Å². The molecule has 2 aromatic carbocycles. The molecule has 16 heteroatoms. The third-order valence-corrected chi connectivity index (χ3v) is 13.1. The first-order valence-corrected chi connectivity index (χ1v) is 23.4. The lowest BCUT2D eigenvalue weighted by molar-refractivity contribution is -0.189. The Morgan fingerprint density at radius 1 is 0.714 bits per heavy atom. The molecule has 4 aliphatic heterocycles. The van der Waals surface area contributed by atoms with Crippen LogP contribution >= 0.6 is 0 Å². The molecule has 4 aromatic heterocycles. The van der Waals surface area contributed by atoms with E-state index in [1.165, 1.54) is 0 Å². The zero-order chi connectivity index (χ0) is 49.7. The van der Waals surface area contributed by atoms with Gasteiger partial charge in [-0.15, -0.1) is 6.58 Å². The summed E-state index contributed by atoms with van der Waals surface area (Å²) < 4.78 is 25.4. The summed E-state index contributed by atoms with van der Waals surface area (Å²) in [6.45, 7) is 9.44. The second-order valence-corrected chi connectivity index (χ2v) is 17.2. The number of hydrogen-bond donors (Lipinski definition) is 0. The molecule has 0 N–H and O–H groups in total. The number of ether oxygens (including phenoxy) is 4.